The summed E-state index contributed by atoms with van der Waals surface area (Å²) in [7, 11) is 2.51. The van der Waals surface area contributed by atoms with Gasteiger partial charge in [-0.3, -0.25) is 4.79 Å². The van der Waals surface area contributed by atoms with Crippen LogP contribution in [0.3, 0.4) is 0 Å². The monoisotopic (exact) mass is 176 g/mol. The van der Waals surface area contributed by atoms with Gasteiger partial charge in [-0.25, -0.2) is 0 Å². The third-order valence-electron chi connectivity index (χ3n) is 1.36. The average molecular weight is 176 g/mol. The van der Waals surface area contributed by atoms with E-state index in [0.717, 1.165) is 19.0 Å². The van der Waals surface area contributed by atoms with Gasteiger partial charge >= 0.3 is 5.97 Å². The first-order chi connectivity index (χ1) is 5.31. The highest BCUT2D eigenvalue weighted by molar-refractivity contribution is 7.16. The van der Waals surface area contributed by atoms with Crippen molar-refractivity contribution in [2.24, 2.45) is 0 Å². The van der Waals surface area contributed by atoms with Crippen LogP contribution in [0.25, 0.3) is 0 Å². The minimum atomic E-state index is -0.0731. The molecule has 0 aliphatic carbocycles. The minimum absolute atomic E-state index is 0.0731. The molecule has 0 rings (SSSR count). The lowest BCUT2D eigenvalue weighted by Crippen LogP contribution is -2.05. The van der Waals surface area contributed by atoms with E-state index in [0.29, 0.717) is 13.0 Å². The molecular formula is C8H17O2P. The predicted octanol–water partition coefficient (Wildman–Crippen LogP) is 1.99. The summed E-state index contributed by atoms with van der Waals surface area (Å²) in [6, 6.07) is 0. The molecule has 0 aromatic carbocycles. The highest BCUT2D eigenvalue weighted by Gasteiger charge is 1.98. The summed E-state index contributed by atoms with van der Waals surface area (Å²) in [5, 5.41) is 0. The van der Waals surface area contributed by atoms with Gasteiger partial charge in [0.15, 0.2) is 0 Å². The molecule has 0 aliphatic rings. The number of hydrogen-bond acceptors (Lipinski definition) is 2. The zero-order chi connectivity index (χ0) is 8.53. The van der Waals surface area contributed by atoms with Gasteiger partial charge in [0.05, 0.1) is 6.61 Å². The average Bonchev–Trinajstić information content (AvgIpc) is 1.99. The van der Waals surface area contributed by atoms with Crippen LogP contribution in [-0.4, -0.2) is 18.7 Å². The molecule has 0 radical (unpaired) electrons. The van der Waals surface area contributed by atoms with E-state index in [1.807, 2.05) is 0 Å². The van der Waals surface area contributed by atoms with Gasteiger partial charge in [0.2, 0.25) is 0 Å². The highest BCUT2D eigenvalue weighted by atomic mass is 31.0. The molecule has 0 N–H and O–H groups in total. The lowest BCUT2D eigenvalue weighted by molar-refractivity contribution is -0.143. The molecule has 0 saturated heterocycles. The quantitative estimate of drug-likeness (QED) is 0.351. The summed E-state index contributed by atoms with van der Waals surface area (Å²) in [5.74, 6) is -0.0731. The largest absolute Gasteiger partial charge is 0.466 e. The van der Waals surface area contributed by atoms with Crippen molar-refractivity contribution in [3.8, 4) is 0 Å². The summed E-state index contributed by atoms with van der Waals surface area (Å²) in [6.45, 7) is 2.72. The van der Waals surface area contributed by atoms with Crippen molar-refractivity contribution in [2.45, 2.75) is 32.6 Å². The molecule has 0 aromatic rings. The van der Waals surface area contributed by atoms with Gasteiger partial charge in [-0.1, -0.05) is 19.8 Å². The molecule has 0 spiro atoms. The smallest absolute Gasteiger partial charge is 0.306 e. The number of carbonyl (C=O) groups is 1. The minimum Gasteiger partial charge on any atom is -0.466 e. The Bertz CT molecular complexity index is 104. The van der Waals surface area contributed by atoms with Gasteiger partial charge in [0, 0.05) is 6.42 Å². The zero-order valence-corrected chi connectivity index (χ0v) is 8.29. The van der Waals surface area contributed by atoms with Crippen LogP contribution in [0, 0.1) is 0 Å². The molecule has 0 aliphatic heterocycles. The fourth-order valence-electron chi connectivity index (χ4n) is 0.728. The molecule has 66 valence electrons. The van der Waals surface area contributed by atoms with Crippen molar-refractivity contribution >= 4 is 15.2 Å². The van der Waals surface area contributed by atoms with Gasteiger partial charge in [-0.15, -0.1) is 9.24 Å². The van der Waals surface area contributed by atoms with E-state index < -0.39 is 0 Å². The second kappa shape index (κ2) is 8.00. The molecule has 3 heteroatoms. The van der Waals surface area contributed by atoms with Gasteiger partial charge < -0.3 is 4.74 Å². The number of esters is 1. The summed E-state index contributed by atoms with van der Waals surface area (Å²) >= 11 is 0. The highest BCUT2D eigenvalue weighted by Crippen LogP contribution is 1.96. The summed E-state index contributed by atoms with van der Waals surface area (Å²) in [6.07, 6.45) is 4.64. The Labute approximate surface area is 70.9 Å². The first-order valence-corrected chi connectivity index (χ1v) is 4.98. The second-order valence-corrected chi connectivity index (χ2v) is 3.04. The van der Waals surface area contributed by atoms with Crippen molar-refractivity contribution < 1.29 is 9.53 Å². The van der Waals surface area contributed by atoms with Crippen LogP contribution in [0.5, 0.6) is 0 Å². The Balaban J connectivity index is 3.04. The molecule has 1 atom stereocenters. The Morgan fingerprint density at radius 1 is 1.45 bits per heavy atom. The Morgan fingerprint density at radius 2 is 2.18 bits per heavy atom. The van der Waals surface area contributed by atoms with Gasteiger partial charge in [0.1, 0.15) is 0 Å². The third kappa shape index (κ3) is 7.80. The summed E-state index contributed by atoms with van der Waals surface area (Å²) < 4.78 is 4.93. The first kappa shape index (κ1) is 10.9. The molecule has 0 saturated carbocycles. The van der Waals surface area contributed by atoms with Crippen LogP contribution in [0.15, 0.2) is 0 Å². The summed E-state index contributed by atoms with van der Waals surface area (Å²) in [5.41, 5.74) is 0. The van der Waals surface area contributed by atoms with Crippen LogP contribution in [-0.2, 0) is 9.53 Å². The van der Waals surface area contributed by atoms with Gasteiger partial charge in [0.25, 0.3) is 0 Å². The van der Waals surface area contributed by atoms with E-state index in [4.69, 9.17) is 4.74 Å². The molecule has 0 heterocycles. The van der Waals surface area contributed by atoms with E-state index in [9.17, 15) is 4.79 Å². The van der Waals surface area contributed by atoms with Gasteiger partial charge in [-0.05, 0) is 12.6 Å². The fraction of sp³-hybridized carbons (Fsp3) is 0.875. The molecule has 1 unspecified atom stereocenters. The van der Waals surface area contributed by atoms with Crippen molar-refractivity contribution in [1.29, 1.82) is 0 Å². The van der Waals surface area contributed by atoms with Crippen LogP contribution in [0.1, 0.15) is 32.6 Å². The van der Waals surface area contributed by atoms with Crippen molar-refractivity contribution in [3.63, 3.8) is 0 Å². The molecule has 0 amide bonds. The molecule has 0 aromatic heterocycles. The van der Waals surface area contributed by atoms with E-state index in [1.54, 1.807) is 0 Å². The lowest BCUT2D eigenvalue weighted by Gasteiger charge is -2.01. The van der Waals surface area contributed by atoms with Crippen molar-refractivity contribution in [3.05, 3.63) is 0 Å². The van der Waals surface area contributed by atoms with Crippen LogP contribution in [0.2, 0.25) is 0 Å². The normalized spacial score (nSPS) is 9.64. The Hall–Kier alpha value is -0.100. The maximum Gasteiger partial charge on any atom is 0.306 e. The number of unbranched alkanes of at least 4 members (excludes halogenated alkanes) is 2. The third-order valence-corrected chi connectivity index (χ3v) is 1.65. The van der Waals surface area contributed by atoms with Crippen LogP contribution in [0.4, 0.5) is 0 Å². The number of hydrogen-bond donors (Lipinski definition) is 0. The first-order valence-electron chi connectivity index (χ1n) is 4.17. The molecule has 11 heavy (non-hydrogen) atoms. The predicted molar refractivity (Wildman–Crippen MR) is 49.7 cm³/mol. The molecule has 0 bridgehead atoms. The lowest BCUT2D eigenvalue weighted by atomic mass is 10.3. The van der Waals surface area contributed by atoms with E-state index in [2.05, 4.69) is 16.2 Å². The Morgan fingerprint density at radius 3 is 2.73 bits per heavy atom. The van der Waals surface area contributed by atoms with E-state index in [1.165, 1.54) is 6.42 Å². The molecule has 0 fully saturated rings. The standard InChI is InChI=1S/C8H17O2P/c1-2-3-4-6-10-8(9)5-7-11/h2-7,11H2,1H3. The van der Waals surface area contributed by atoms with Crippen molar-refractivity contribution in [1.82, 2.24) is 0 Å². The van der Waals surface area contributed by atoms with Gasteiger partial charge in [-0.2, -0.15) is 0 Å². The molecule has 2 nitrogen and oxygen atoms in total. The fourth-order valence-corrected chi connectivity index (χ4v) is 0.964. The van der Waals surface area contributed by atoms with Crippen LogP contribution < -0.4 is 0 Å². The van der Waals surface area contributed by atoms with E-state index in [-0.39, 0.29) is 5.97 Å². The Kier molecular flexibility index (Phi) is 7.93. The number of carbonyl (C=O) groups excluding carboxylic acids is 1. The second-order valence-electron chi connectivity index (χ2n) is 2.47. The maximum atomic E-state index is 10.8. The maximum absolute atomic E-state index is 10.8. The SMILES string of the molecule is CCCCCOC(=O)CCP. The summed E-state index contributed by atoms with van der Waals surface area (Å²) in [4.78, 5) is 10.8. The molecular weight excluding hydrogens is 159 g/mol. The van der Waals surface area contributed by atoms with E-state index >= 15 is 0 Å². The van der Waals surface area contributed by atoms with Crippen molar-refractivity contribution in [2.75, 3.05) is 12.8 Å². The topological polar surface area (TPSA) is 26.3 Å². The zero-order valence-electron chi connectivity index (χ0n) is 7.14. The number of ether oxygens (including phenoxy) is 1. The number of rotatable bonds is 6. The van der Waals surface area contributed by atoms with Crippen LogP contribution >= 0.6 is 9.24 Å².